The number of nitrogens with one attached hydrogen (secondary N) is 1. The summed E-state index contributed by atoms with van der Waals surface area (Å²) in [5.41, 5.74) is 2.29. The Labute approximate surface area is 103 Å². The highest BCUT2D eigenvalue weighted by molar-refractivity contribution is 5.26. The summed E-state index contributed by atoms with van der Waals surface area (Å²) in [6, 6.07) is 0.489. The molecule has 0 radical (unpaired) electrons. The summed E-state index contributed by atoms with van der Waals surface area (Å²) in [5.74, 6) is 0.677. The van der Waals surface area contributed by atoms with E-state index < -0.39 is 0 Å². The molecular formula is C13H22N4. The number of anilines is 1. The van der Waals surface area contributed by atoms with Crippen molar-refractivity contribution < 1.29 is 0 Å². The molecular weight excluding hydrogens is 212 g/mol. The van der Waals surface area contributed by atoms with E-state index in [1.807, 2.05) is 13.8 Å². The average Bonchev–Trinajstić information content (AvgIpc) is 2.22. The van der Waals surface area contributed by atoms with Crippen LogP contribution in [0, 0.1) is 19.3 Å². The van der Waals surface area contributed by atoms with Gasteiger partial charge in [-0.3, -0.25) is 0 Å². The van der Waals surface area contributed by atoms with Gasteiger partial charge in [-0.05, 0) is 38.5 Å². The standard InChI is InChI=1S/C13H22N4/c1-9-10(2)16-17-12(14-9)15-11-6-5-7-13(3,4)8-11/h11H,5-8H2,1-4H3,(H,14,15,17). The van der Waals surface area contributed by atoms with Crippen LogP contribution in [0.3, 0.4) is 0 Å². The fourth-order valence-electron chi connectivity index (χ4n) is 2.52. The van der Waals surface area contributed by atoms with Gasteiger partial charge in [0.05, 0.1) is 11.4 Å². The highest BCUT2D eigenvalue weighted by Crippen LogP contribution is 2.35. The minimum absolute atomic E-state index is 0.434. The number of hydrogen-bond donors (Lipinski definition) is 1. The summed E-state index contributed by atoms with van der Waals surface area (Å²) < 4.78 is 0. The molecule has 1 aliphatic carbocycles. The average molecular weight is 234 g/mol. The smallest absolute Gasteiger partial charge is 0.243 e. The summed E-state index contributed by atoms with van der Waals surface area (Å²) >= 11 is 0. The molecule has 0 bridgehead atoms. The van der Waals surface area contributed by atoms with Crippen molar-refractivity contribution in [3.05, 3.63) is 11.4 Å². The Morgan fingerprint density at radius 2 is 1.94 bits per heavy atom. The van der Waals surface area contributed by atoms with Gasteiger partial charge in [-0.1, -0.05) is 20.3 Å². The number of nitrogens with zero attached hydrogens (tertiary/aromatic N) is 3. The molecule has 0 saturated heterocycles. The van der Waals surface area contributed by atoms with Gasteiger partial charge in [0.1, 0.15) is 0 Å². The zero-order valence-corrected chi connectivity index (χ0v) is 11.2. The van der Waals surface area contributed by atoms with E-state index in [-0.39, 0.29) is 0 Å². The summed E-state index contributed by atoms with van der Waals surface area (Å²) in [4.78, 5) is 4.43. The van der Waals surface area contributed by atoms with Gasteiger partial charge >= 0.3 is 0 Å². The lowest BCUT2D eigenvalue weighted by atomic mass is 9.75. The molecule has 1 aliphatic rings. The summed E-state index contributed by atoms with van der Waals surface area (Å²) in [6.07, 6.45) is 4.99. The highest BCUT2D eigenvalue weighted by atomic mass is 15.2. The van der Waals surface area contributed by atoms with Crippen molar-refractivity contribution >= 4 is 5.95 Å². The molecule has 1 N–H and O–H groups in total. The normalized spacial score (nSPS) is 23.4. The van der Waals surface area contributed by atoms with Crippen molar-refractivity contribution in [3.8, 4) is 0 Å². The van der Waals surface area contributed by atoms with Crippen molar-refractivity contribution in [2.45, 2.75) is 59.4 Å². The fraction of sp³-hybridized carbons (Fsp3) is 0.769. The molecule has 1 atom stereocenters. The number of rotatable bonds is 2. The topological polar surface area (TPSA) is 50.7 Å². The van der Waals surface area contributed by atoms with Gasteiger partial charge in [-0.15, -0.1) is 5.10 Å². The molecule has 0 amide bonds. The van der Waals surface area contributed by atoms with Crippen LogP contribution in [-0.4, -0.2) is 21.2 Å². The lowest BCUT2D eigenvalue weighted by Crippen LogP contribution is -2.32. The molecule has 17 heavy (non-hydrogen) atoms. The zero-order valence-electron chi connectivity index (χ0n) is 11.2. The molecule has 1 unspecified atom stereocenters. The molecule has 2 rings (SSSR count). The Bertz CT molecular complexity index is 400. The Hall–Kier alpha value is -1.19. The van der Waals surface area contributed by atoms with Crippen LogP contribution in [0.4, 0.5) is 5.95 Å². The van der Waals surface area contributed by atoms with E-state index >= 15 is 0 Å². The van der Waals surface area contributed by atoms with E-state index in [1.54, 1.807) is 0 Å². The molecule has 1 aromatic heterocycles. The molecule has 1 saturated carbocycles. The van der Waals surface area contributed by atoms with E-state index in [1.165, 1.54) is 25.7 Å². The molecule has 1 heterocycles. The van der Waals surface area contributed by atoms with Gasteiger partial charge in [-0.25, -0.2) is 4.98 Å². The van der Waals surface area contributed by atoms with E-state index in [0.29, 0.717) is 17.4 Å². The Morgan fingerprint density at radius 3 is 2.59 bits per heavy atom. The van der Waals surface area contributed by atoms with Crippen molar-refractivity contribution in [2.24, 2.45) is 5.41 Å². The van der Waals surface area contributed by atoms with Crippen molar-refractivity contribution in [2.75, 3.05) is 5.32 Å². The van der Waals surface area contributed by atoms with Crippen LogP contribution >= 0.6 is 0 Å². The highest BCUT2D eigenvalue weighted by Gasteiger charge is 2.28. The van der Waals surface area contributed by atoms with Gasteiger partial charge in [0.2, 0.25) is 5.95 Å². The second kappa shape index (κ2) is 4.59. The van der Waals surface area contributed by atoms with Crippen molar-refractivity contribution in [3.63, 3.8) is 0 Å². The molecule has 1 aromatic rings. The Balaban J connectivity index is 2.03. The third-order valence-corrected chi connectivity index (χ3v) is 3.63. The molecule has 0 aliphatic heterocycles. The second-order valence-corrected chi connectivity index (χ2v) is 5.91. The van der Waals surface area contributed by atoms with Crippen LogP contribution in [0.15, 0.2) is 0 Å². The molecule has 4 nitrogen and oxygen atoms in total. The van der Waals surface area contributed by atoms with Crippen LogP contribution in [0.25, 0.3) is 0 Å². The Kier molecular flexibility index (Phi) is 3.31. The lowest BCUT2D eigenvalue weighted by molar-refractivity contribution is 0.229. The lowest BCUT2D eigenvalue weighted by Gasteiger charge is -2.35. The fourth-order valence-corrected chi connectivity index (χ4v) is 2.52. The largest absolute Gasteiger partial charge is 0.350 e. The van der Waals surface area contributed by atoms with Gasteiger partial charge in [0.15, 0.2) is 0 Å². The van der Waals surface area contributed by atoms with Gasteiger partial charge < -0.3 is 5.32 Å². The van der Waals surface area contributed by atoms with E-state index in [0.717, 1.165) is 11.4 Å². The van der Waals surface area contributed by atoms with Gasteiger partial charge in [-0.2, -0.15) is 5.10 Å². The maximum Gasteiger partial charge on any atom is 0.243 e. The second-order valence-electron chi connectivity index (χ2n) is 5.91. The van der Waals surface area contributed by atoms with Gasteiger partial charge in [0.25, 0.3) is 0 Å². The van der Waals surface area contributed by atoms with Crippen LogP contribution in [0.1, 0.15) is 50.9 Å². The first kappa shape index (κ1) is 12.3. The predicted molar refractivity (Wildman–Crippen MR) is 69.0 cm³/mol. The third kappa shape index (κ3) is 3.14. The molecule has 4 heteroatoms. The van der Waals surface area contributed by atoms with Crippen molar-refractivity contribution in [1.82, 2.24) is 15.2 Å². The first-order valence-corrected chi connectivity index (χ1v) is 6.41. The Morgan fingerprint density at radius 1 is 1.18 bits per heavy atom. The first-order valence-electron chi connectivity index (χ1n) is 6.41. The van der Waals surface area contributed by atoms with Gasteiger partial charge in [0, 0.05) is 6.04 Å². The predicted octanol–water partition coefficient (Wildman–Crippen LogP) is 2.87. The molecule has 94 valence electrons. The minimum atomic E-state index is 0.434. The third-order valence-electron chi connectivity index (χ3n) is 3.63. The van der Waals surface area contributed by atoms with E-state index in [4.69, 9.17) is 0 Å². The van der Waals surface area contributed by atoms with Crippen LogP contribution in [-0.2, 0) is 0 Å². The van der Waals surface area contributed by atoms with E-state index in [2.05, 4.69) is 34.3 Å². The van der Waals surface area contributed by atoms with Crippen LogP contribution in [0.2, 0.25) is 0 Å². The zero-order chi connectivity index (χ0) is 12.5. The summed E-state index contributed by atoms with van der Waals surface area (Å²) in [6.45, 7) is 8.57. The molecule has 0 aromatic carbocycles. The summed E-state index contributed by atoms with van der Waals surface area (Å²) in [5, 5.41) is 11.6. The van der Waals surface area contributed by atoms with Crippen LogP contribution < -0.4 is 5.32 Å². The maximum atomic E-state index is 4.43. The summed E-state index contributed by atoms with van der Waals surface area (Å²) in [7, 11) is 0. The number of aromatic nitrogens is 3. The van der Waals surface area contributed by atoms with Crippen LogP contribution in [0.5, 0.6) is 0 Å². The number of aryl methyl sites for hydroxylation is 2. The first-order chi connectivity index (χ1) is 7.96. The monoisotopic (exact) mass is 234 g/mol. The quantitative estimate of drug-likeness (QED) is 0.855. The minimum Gasteiger partial charge on any atom is -0.350 e. The molecule has 1 fully saturated rings. The number of hydrogen-bond acceptors (Lipinski definition) is 4. The maximum absolute atomic E-state index is 4.43. The molecule has 0 spiro atoms. The van der Waals surface area contributed by atoms with E-state index in [9.17, 15) is 0 Å². The van der Waals surface area contributed by atoms with Crippen molar-refractivity contribution in [1.29, 1.82) is 0 Å². The SMILES string of the molecule is Cc1nnc(NC2CCCC(C)(C)C2)nc1C.